The lowest BCUT2D eigenvalue weighted by Crippen LogP contribution is -2.38. The molecule has 0 aromatic heterocycles. The number of alkyl halides is 1. The Morgan fingerprint density at radius 3 is 1.90 bits per heavy atom. The van der Waals surface area contributed by atoms with Crippen molar-refractivity contribution in [3.63, 3.8) is 0 Å². The van der Waals surface area contributed by atoms with Crippen LogP contribution in [0.25, 0.3) is 0 Å². The number of halogens is 1. The zero-order chi connectivity index (χ0) is 14.8. The van der Waals surface area contributed by atoms with Gasteiger partial charge in [-0.15, -0.1) is 0 Å². The Balaban J connectivity index is 2.48. The number of sulfone groups is 1. The van der Waals surface area contributed by atoms with Crippen LogP contribution in [-0.2, 0) is 9.84 Å². The second-order valence-corrected chi connectivity index (χ2v) is 7.70. The molecule has 0 amide bonds. The average molecular weight is 309 g/mol. The number of hydrogen-bond donors (Lipinski definition) is 0. The lowest BCUT2D eigenvalue weighted by atomic mass is 10.1. The van der Waals surface area contributed by atoms with E-state index in [-0.39, 0.29) is 10.5 Å². The van der Waals surface area contributed by atoms with Crippen LogP contribution in [0, 0.1) is 0 Å². The van der Waals surface area contributed by atoms with Crippen molar-refractivity contribution in [1.82, 2.24) is 0 Å². The molecule has 1 atom stereocenters. The Morgan fingerprint density at radius 1 is 0.950 bits per heavy atom. The molecule has 20 heavy (non-hydrogen) atoms. The molecule has 2 aromatic carbocycles. The molecule has 0 saturated carbocycles. The van der Waals surface area contributed by atoms with E-state index in [9.17, 15) is 13.2 Å². The number of benzene rings is 2. The van der Waals surface area contributed by atoms with Crippen molar-refractivity contribution in [2.45, 2.75) is 16.0 Å². The Kier molecular flexibility index (Phi) is 3.97. The molecule has 0 heterocycles. The Labute approximate surface area is 123 Å². The zero-order valence-corrected chi connectivity index (χ0v) is 12.4. The van der Waals surface area contributed by atoms with Crippen molar-refractivity contribution in [2.75, 3.05) is 0 Å². The van der Waals surface area contributed by atoms with Crippen molar-refractivity contribution < 1.29 is 13.2 Å². The summed E-state index contributed by atoms with van der Waals surface area (Å²) in [5.41, 5.74) is 0.268. The molecule has 2 rings (SSSR count). The van der Waals surface area contributed by atoms with Gasteiger partial charge in [-0.05, 0) is 19.1 Å². The van der Waals surface area contributed by atoms with E-state index < -0.39 is 19.8 Å². The van der Waals surface area contributed by atoms with E-state index in [2.05, 4.69) is 0 Å². The van der Waals surface area contributed by atoms with Crippen LogP contribution in [0.15, 0.2) is 65.6 Å². The summed E-state index contributed by atoms with van der Waals surface area (Å²) in [6, 6.07) is 15.9. The average Bonchev–Trinajstić information content (AvgIpc) is 2.48. The van der Waals surface area contributed by atoms with Crippen LogP contribution in [0.4, 0.5) is 0 Å². The molecular weight excluding hydrogens is 296 g/mol. The third kappa shape index (κ3) is 2.49. The molecule has 3 nitrogen and oxygen atoms in total. The van der Waals surface area contributed by atoms with Crippen LogP contribution in [0.5, 0.6) is 0 Å². The fourth-order valence-electron chi connectivity index (χ4n) is 1.79. The highest BCUT2D eigenvalue weighted by atomic mass is 35.5. The third-order valence-corrected chi connectivity index (χ3v) is 5.87. The second-order valence-electron chi connectivity index (χ2n) is 4.43. The molecule has 0 saturated heterocycles. The van der Waals surface area contributed by atoms with Gasteiger partial charge in [-0.25, -0.2) is 8.42 Å². The summed E-state index contributed by atoms with van der Waals surface area (Å²) >= 11 is 6.11. The van der Waals surface area contributed by atoms with Gasteiger partial charge in [-0.3, -0.25) is 4.79 Å². The van der Waals surface area contributed by atoms with Gasteiger partial charge in [0, 0.05) is 5.56 Å². The minimum absolute atomic E-state index is 0.0294. The summed E-state index contributed by atoms with van der Waals surface area (Å²) in [6.45, 7) is 1.21. The smallest absolute Gasteiger partial charge is 0.209 e. The molecule has 0 bridgehead atoms. The maximum absolute atomic E-state index is 12.5. The first-order valence-corrected chi connectivity index (χ1v) is 7.82. The molecule has 0 spiro atoms. The molecule has 0 aliphatic carbocycles. The molecule has 1 unspecified atom stereocenters. The van der Waals surface area contributed by atoms with Gasteiger partial charge in [0.2, 0.25) is 14.0 Å². The maximum atomic E-state index is 12.5. The number of rotatable bonds is 4. The van der Waals surface area contributed by atoms with Crippen LogP contribution < -0.4 is 0 Å². The van der Waals surface area contributed by atoms with E-state index in [0.717, 1.165) is 0 Å². The summed E-state index contributed by atoms with van der Waals surface area (Å²) in [4.78, 5) is 12.4. The zero-order valence-electron chi connectivity index (χ0n) is 10.8. The molecular formula is C15H13ClO3S. The standard InChI is InChI=1S/C15H13ClO3S/c1-15(16,14(17)12-8-4-2-5-9-12)20(18,19)13-10-6-3-7-11-13/h2-11H,1H3. The maximum Gasteiger partial charge on any atom is 0.209 e. The lowest BCUT2D eigenvalue weighted by molar-refractivity contribution is 0.0978. The van der Waals surface area contributed by atoms with E-state index in [1.165, 1.54) is 19.1 Å². The highest BCUT2D eigenvalue weighted by Crippen LogP contribution is 2.32. The van der Waals surface area contributed by atoms with Crippen LogP contribution in [0.1, 0.15) is 17.3 Å². The minimum atomic E-state index is -3.97. The van der Waals surface area contributed by atoms with Crippen molar-refractivity contribution in [3.05, 3.63) is 66.2 Å². The van der Waals surface area contributed by atoms with Crippen molar-refractivity contribution in [3.8, 4) is 0 Å². The molecule has 0 fully saturated rings. The molecule has 0 radical (unpaired) electrons. The van der Waals surface area contributed by atoms with Gasteiger partial charge < -0.3 is 0 Å². The minimum Gasteiger partial charge on any atom is -0.291 e. The first kappa shape index (κ1) is 14.8. The van der Waals surface area contributed by atoms with Gasteiger partial charge in [0.05, 0.1) is 4.90 Å². The number of hydrogen-bond acceptors (Lipinski definition) is 3. The van der Waals surface area contributed by atoms with Gasteiger partial charge in [-0.1, -0.05) is 60.1 Å². The predicted molar refractivity (Wildman–Crippen MR) is 78.7 cm³/mol. The summed E-state index contributed by atoms with van der Waals surface area (Å²) < 4.78 is 23.0. The van der Waals surface area contributed by atoms with Gasteiger partial charge >= 0.3 is 0 Å². The SMILES string of the molecule is CC(Cl)(C(=O)c1ccccc1)S(=O)(=O)c1ccccc1. The Hall–Kier alpha value is -1.65. The van der Waals surface area contributed by atoms with E-state index in [1.54, 1.807) is 48.5 Å². The van der Waals surface area contributed by atoms with Crippen molar-refractivity contribution in [2.24, 2.45) is 0 Å². The first-order valence-electron chi connectivity index (χ1n) is 5.96. The van der Waals surface area contributed by atoms with Crippen LogP contribution in [-0.4, -0.2) is 18.4 Å². The highest BCUT2D eigenvalue weighted by Gasteiger charge is 2.45. The monoisotopic (exact) mass is 308 g/mol. The summed E-state index contributed by atoms with van der Waals surface area (Å²) in [5.74, 6) is -0.636. The number of Topliss-reactive ketones (excluding diaryl/α,β-unsaturated/α-hetero) is 1. The van der Waals surface area contributed by atoms with E-state index in [0.29, 0.717) is 0 Å². The summed E-state index contributed by atoms with van der Waals surface area (Å²) in [6.07, 6.45) is 0. The Bertz CT molecular complexity index is 707. The topological polar surface area (TPSA) is 51.2 Å². The first-order chi connectivity index (χ1) is 9.37. The predicted octanol–water partition coefficient (Wildman–Crippen LogP) is 3.30. The normalized spacial score (nSPS) is 14.5. The van der Waals surface area contributed by atoms with Crippen LogP contribution in [0.2, 0.25) is 0 Å². The van der Waals surface area contributed by atoms with Gasteiger partial charge in [-0.2, -0.15) is 0 Å². The number of carbonyl (C=O) groups excluding carboxylic acids is 1. The largest absolute Gasteiger partial charge is 0.291 e. The lowest BCUT2D eigenvalue weighted by Gasteiger charge is -2.21. The molecule has 2 aromatic rings. The van der Waals surface area contributed by atoms with Crippen molar-refractivity contribution in [1.29, 1.82) is 0 Å². The summed E-state index contributed by atoms with van der Waals surface area (Å²) in [5, 5.41) is 0. The van der Waals surface area contributed by atoms with Crippen molar-refractivity contribution >= 4 is 27.2 Å². The number of ketones is 1. The molecule has 5 heteroatoms. The third-order valence-electron chi connectivity index (χ3n) is 3.00. The van der Waals surface area contributed by atoms with Gasteiger partial charge in [0.15, 0.2) is 5.78 Å². The molecule has 104 valence electrons. The summed E-state index contributed by atoms with van der Waals surface area (Å²) in [7, 11) is -3.97. The second kappa shape index (κ2) is 5.38. The van der Waals surface area contributed by atoms with Crippen LogP contribution >= 0.6 is 11.6 Å². The fraction of sp³-hybridized carbons (Fsp3) is 0.133. The van der Waals surface area contributed by atoms with E-state index in [1.807, 2.05) is 0 Å². The molecule has 0 aliphatic rings. The van der Waals surface area contributed by atoms with Gasteiger partial charge in [0.1, 0.15) is 0 Å². The number of carbonyl (C=O) groups is 1. The van der Waals surface area contributed by atoms with E-state index in [4.69, 9.17) is 11.6 Å². The van der Waals surface area contributed by atoms with Gasteiger partial charge in [0.25, 0.3) is 0 Å². The van der Waals surface area contributed by atoms with E-state index >= 15 is 0 Å². The molecule has 0 aliphatic heterocycles. The fourth-order valence-corrected chi connectivity index (χ4v) is 3.49. The molecule has 0 N–H and O–H groups in total. The Morgan fingerprint density at radius 2 is 1.40 bits per heavy atom. The van der Waals surface area contributed by atoms with Crippen LogP contribution in [0.3, 0.4) is 0 Å². The quantitative estimate of drug-likeness (QED) is 0.643. The highest BCUT2D eigenvalue weighted by molar-refractivity contribution is 7.95.